The molecule has 0 fully saturated rings. The summed E-state index contributed by atoms with van der Waals surface area (Å²) in [5.74, 6) is -0.241. The van der Waals surface area contributed by atoms with Crippen LogP contribution in [0.5, 0.6) is 0 Å². The maximum atomic E-state index is 12.6. The van der Waals surface area contributed by atoms with E-state index < -0.39 is 0 Å². The number of anilines is 1. The molecule has 6 heteroatoms. The highest BCUT2D eigenvalue weighted by atomic mass is 16.2. The average Bonchev–Trinajstić information content (AvgIpc) is 2.81. The maximum absolute atomic E-state index is 12.6. The van der Waals surface area contributed by atoms with Gasteiger partial charge < -0.3 is 10.2 Å². The first kappa shape index (κ1) is 22.5. The van der Waals surface area contributed by atoms with Crippen LogP contribution in [-0.4, -0.2) is 42.9 Å². The summed E-state index contributed by atoms with van der Waals surface area (Å²) in [6, 6.07) is 19.9. The molecule has 1 heterocycles. The fourth-order valence-electron chi connectivity index (χ4n) is 3.89. The van der Waals surface area contributed by atoms with E-state index in [-0.39, 0.29) is 31.1 Å². The second-order valence-electron chi connectivity index (χ2n) is 7.79. The van der Waals surface area contributed by atoms with Crippen LogP contribution in [0.2, 0.25) is 0 Å². The molecule has 0 radical (unpaired) electrons. The molecule has 31 heavy (non-hydrogen) atoms. The Kier molecular flexibility index (Phi) is 8.62. The number of nitrogens with one attached hydrogen (secondary N) is 1. The lowest BCUT2D eigenvalue weighted by Gasteiger charge is -2.28. The predicted molar refractivity (Wildman–Crippen MR) is 121 cm³/mol. The van der Waals surface area contributed by atoms with Gasteiger partial charge in [0.05, 0.1) is 12.5 Å². The third-order valence-electron chi connectivity index (χ3n) is 5.57. The van der Waals surface area contributed by atoms with Crippen molar-refractivity contribution in [3.8, 4) is 6.07 Å². The zero-order valence-electron chi connectivity index (χ0n) is 17.9. The smallest absolute Gasteiger partial charge is 0.227 e. The highest BCUT2D eigenvalue weighted by Crippen LogP contribution is 2.18. The minimum Gasteiger partial charge on any atom is -0.356 e. The van der Waals surface area contributed by atoms with Crippen LogP contribution in [0.15, 0.2) is 54.6 Å². The SMILES string of the molecule is N#CCCN(C(=O)CCC(=O)NCCCN1CCc2ccccc2C1)c1ccccc1. The fraction of sp³-hybridized carbons (Fsp3) is 0.400. The molecule has 0 atom stereocenters. The van der Waals surface area contributed by atoms with E-state index in [4.69, 9.17) is 5.26 Å². The molecule has 0 spiro atoms. The van der Waals surface area contributed by atoms with E-state index in [0.29, 0.717) is 13.1 Å². The molecular weight excluding hydrogens is 388 g/mol. The molecule has 2 aromatic carbocycles. The van der Waals surface area contributed by atoms with Gasteiger partial charge in [0.15, 0.2) is 0 Å². The molecule has 0 saturated carbocycles. The van der Waals surface area contributed by atoms with Crippen LogP contribution >= 0.6 is 0 Å². The number of para-hydroxylation sites is 1. The van der Waals surface area contributed by atoms with E-state index in [1.165, 1.54) is 11.1 Å². The fourth-order valence-corrected chi connectivity index (χ4v) is 3.89. The second kappa shape index (κ2) is 11.9. The maximum Gasteiger partial charge on any atom is 0.227 e. The third-order valence-corrected chi connectivity index (χ3v) is 5.57. The number of nitriles is 1. The van der Waals surface area contributed by atoms with Gasteiger partial charge in [-0.05, 0) is 36.1 Å². The van der Waals surface area contributed by atoms with Crippen LogP contribution in [0.25, 0.3) is 0 Å². The van der Waals surface area contributed by atoms with Gasteiger partial charge >= 0.3 is 0 Å². The van der Waals surface area contributed by atoms with Gasteiger partial charge in [-0.3, -0.25) is 14.5 Å². The molecule has 6 nitrogen and oxygen atoms in total. The number of benzene rings is 2. The first-order valence-corrected chi connectivity index (χ1v) is 11.0. The number of hydrogen-bond acceptors (Lipinski definition) is 4. The summed E-state index contributed by atoms with van der Waals surface area (Å²) in [6.07, 6.45) is 2.52. The average molecular weight is 419 g/mol. The van der Waals surface area contributed by atoms with Gasteiger partial charge in [0, 0.05) is 51.3 Å². The summed E-state index contributed by atoms with van der Waals surface area (Å²) < 4.78 is 0. The summed E-state index contributed by atoms with van der Waals surface area (Å²) >= 11 is 0. The van der Waals surface area contributed by atoms with Gasteiger partial charge in [-0.2, -0.15) is 5.26 Å². The van der Waals surface area contributed by atoms with Crippen LogP contribution in [0, 0.1) is 11.3 Å². The number of rotatable bonds is 10. The van der Waals surface area contributed by atoms with E-state index in [9.17, 15) is 9.59 Å². The van der Waals surface area contributed by atoms with Crippen molar-refractivity contribution in [3.05, 3.63) is 65.7 Å². The Morgan fingerprint density at radius 2 is 1.77 bits per heavy atom. The van der Waals surface area contributed by atoms with Gasteiger partial charge in [-0.1, -0.05) is 42.5 Å². The van der Waals surface area contributed by atoms with Crippen molar-refractivity contribution in [3.63, 3.8) is 0 Å². The molecule has 1 aliphatic heterocycles. The van der Waals surface area contributed by atoms with Crippen molar-refractivity contribution in [2.45, 2.75) is 38.6 Å². The van der Waals surface area contributed by atoms with Crippen molar-refractivity contribution < 1.29 is 9.59 Å². The quantitative estimate of drug-likeness (QED) is 0.601. The highest BCUT2D eigenvalue weighted by Gasteiger charge is 2.17. The number of amides is 2. The second-order valence-corrected chi connectivity index (χ2v) is 7.79. The Hall–Kier alpha value is -3.17. The monoisotopic (exact) mass is 418 g/mol. The van der Waals surface area contributed by atoms with Crippen LogP contribution in [-0.2, 0) is 22.6 Å². The lowest BCUT2D eigenvalue weighted by atomic mass is 10.00. The lowest BCUT2D eigenvalue weighted by molar-refractivity contribution is -0.125. The first-order chi connectivity index (χ1) is 15.2. The molecule has 2 aromatic rings. The van der Waals surface area contributed by atoms with Crippen molar-refractivity contribution in [1.82, 2.24) is 10.2 Å². The van der Waals surface area contributed by atoms with Crippen molar-refractivity contribution in [2.24, 2.45) is 0 Å². The van der Waals surface area contributed by atoms with E-state index in [1.807, 2.05) is 30.3 Å². The topological polar surface area (TPSA) is 76.4 Å². The molecule has 2 amide bonds. The molecule has 0 aliphatic carbocycles. The van der Waals surface area contributed by atoms with Crippen molar-refractivity contribution >= 4 is 17.5 Å². The Morgan fingerprint density at radius 1 is 1.03 bits per heavy atom. The standard InChI is InChI=1S/C25H30N4O2/c26-15-6-18-29(23-10-2-1-3-11-23)25(31)13-12-24(30)27-16-7-17-28-19-14-21-8-4-5-9-22(21)20-28/h1-5,8-11H,6-7,12-14,16-20H2,(H,27,30). The Morgan fingerprint density at radius 3 is 2.55 bits per heavy atom. The van der Waals surface area contributed by atoms with Crippen molar-refractivity contribution in [2.75, 3.05) is 31.1 Å². The molecule has 1 N–H and O–H groups in total. The van der Waals surface area contributed by atoms with Gasteiger partial charge in [-0.15, -0.1) is 0 Å². The van der Waals surface area contributed by atoms with Crippen LogP contribution in [0.1, 0.15) is 36.8 Å². The zero-order chi connectivity index (χ0) is 21.9. The molecule has 0 unspecified atom stereocenters. The lowest BCUT2D eigenvalue weighted by Crippen LogP contribution is -2.35. The number of carbonyl (C=O) groups excluding carboxylic acids is 2. The number of nitrogens with zero attached hydrogens (tertiary/aromatic N) is 3. The molecule has 1 aliphatic rings. The van der Waals surface area contributed by atoms with E-state index in [0.717, 1.165) is 38.2 Å². The number of fused-ring (bicyclic) bond motifs is 1. The van der Waals surface area contributed by atoms with E-state index in [1.54, 1.807) is 4.90 Å². The van der Waals surface area contributed by atoms with Crippen LogP contribution < -0.4 is 10.2 Å². The summed E-state index contributed by atoms with van der Waals surface area (Å²) in [5, 5.41) is 11.8. The summed E-state index contributed by atoms with van der Waals surface area (Å²) in [7, 11) is 0. The summed E-state index contributed by atoms with van der Waals surface area (Å²) in [4.78, 5) is 28.8. The Bertz CT molecular complexity index is 907. The van der Waals surface area contributed by atoms with E-state index >= 15 is 0 Å². The molecule has 3 rings (SSSR count). The molecular formula is C25H30N4O2. The van der Waals surface area contributed by atoms with Gasteiger partial charge in [0.25, 0.3) is 0 Å². The highest BCUT2D eigenvalue weighted by molar-refractivity contribution is 5.95. The van der Waals surface area contributed by atoms with Crippen LogP contribution in [0.3, 0.4) is 0 Å². The zero-order valence-corrected chi connectivity index (χ0v) is 17.9. The Balaban J connectivity index is 1.36. The first-order valence-electron chi connectivity index (χ1n) is 11.0. The minimum atomic E-state index is -0.136. The third kappa shape index (κ3) is 6.94. The van der Waals surface area contributed by atoms with Gasteiger partial charge in [0.2, 0.25) is 11.8 Å². The van der Waals surface area contributed by atoms with Gasteiger partial charge in [-0.25, -0.2) is 0 Å². The minimum absolute atomic E-state index is 0.106. The van der Waals surface area contributed by atoms with Crippen LogP contribution in [0.4, 0.5) is 5.69 Å². The van der Waals surface area contributed by atoms with E-state index in [2.05, 4.69) is 40.6 Å². The van der Waals surface area contributed by atoms with Crippen molar-refractivity contribution in [1.29, 1.82) is 5.26 Å². The molecule has 0 saturated heterocycles. The summed E-state index contributed by atoms with van der Waals surface area (Å²) in [5.41, 5.74) is 3.60. The van der Waals surface area contributed by atoms with Gasteiger partial charge in [0.1, 0.15) is 0 Å². The molecule has 0 aromatic heterocycles. The summed E-state index contributed by atoms with van der Waals surface area (Å²) in [6.45, 7) is 3.92. The molecule has 0 bridgehead atoms. The number of carbonyl (C=O) groups is 2. The normalized spacial score (nSPS) is 13.1. The Labute approximate surface area is 184 Å². The largest absolute Gasteiger partial charge is 0.356 e. The number of hydrogen-bond donors (Lipinski definition) is 1. The predicted octanol–water partition coefficient (Wildman–Crippen LogP) is 3.28. The molecule has 162 valence electrons.